The Morgan fingerprint density at radius 3 is 2.35 bits per heavy atom. The van der Waals surface area contributed by atoms with Gasteiger partial charge in [-0.2, -0.15) is 10.2 Å². The van der Waals surface area contributed by atoms with E-state index in [0.717, 1.165) is 35.5 Å². The predicted molar refractivity (Wildman–Crippen MR) is 79.0 cm³/mol. The summed E-state index contributed by atoms with van der Waals surface area (Å²) in [5, 5.41) is 9.13. The number of hydrogen-bond acceptors (Lipinski definition) is 3. The van der Waals surface area contributed by atoms with Gasteiger partial charge in [-0.05, 0) is 41.5 Å². The van der Waals surface area contributed by atoms with E-state index in [1.807, 2.05) is 29.4 Å². The zero-order valence-electron chi connectivity index (χ0n) is 13.1. The number of rotatable bonds is 3. The smallest absolute Gasteiger partial charge is 0.153 e. The van der Waals surface area contributed by atoms with Gasteiger partial charge in [0.1, 0.15) is 5.69 Å². The molecule has 2 rings (SSSR count). The summed E-state index contributed by atoms with van der Waals surface area (Å²) in [6, 6.07) is 0. The van der Waals surface area contributed by atoms with Gasteiger partial charge in [0.05, 0.1) is 16.8 Å². The van der Waals surface area contributed by atoms with Gasteiger partial charge in [-0.15, -0.1) is 0 Å². The topological polar surface area (TPSA) is 52.7 Å². The van der Waals surface area contributed by atoms with Gasteiger partial charge >= 0.3 is 0 Å². The Bertz CT molecular complexity index is 644. The van der Waals surface area contributed by atoms with E-state index in [4.69, 9.17) is 0 Å². The molecule has 0 aromatic carbocycles. The molecule has 0 aliphatic heterocycles. The first kappa shape index (κ1) is 14.5. The molecule has 108 valence electrons. The van der Waals surface area contributed by atoms with Crippen LogP contribution in [0.2, 0.25) is 0 Å². The summed E-state index contributed by atoms with van der Waals surface area (Å²) in [6.07, 6.45) is 2.68. The summed E-state index contributed by atoms with van der Waals surface area (Å²) in [4.78, 5) is 11.4. The average Bonchev–Trinajstić information content (AvgIpc) is 2.90. The number of aryl methyl sites for hydroxylation is 2. The van der Waals surface area contributed by atoms with Crippen LogP contribution in [0.1, 0.15) is 49.4 Å². The van der Waals surface area contributed by atoms with Crippen LogP contribution in [-0.2, 0) is 12.1 Å². The monoisotopic (exact) mass is 274 g/mol. The maximum absolute atomic E-state index is 11.4. The van der Waals surface area contributed by atoms with E-state index in [0.29, 0.717) is 5.56 Å². The Morgan fingerprint density at radius 2 is 1.90 bits per heavy atom. The van der Waals surface area contributed by atoms with E-state index in [1.165, 1.54) is 0 Å². The van der Waals surface area contributed by atoms with Gasteiger partial charge in [-0.25, -0.2) is 0 Å². The molecule has 0 aliphatic carbocycles. The molecular formula is C15H22N4O. The van der Waals surface area contributed by atoms with Gasteiger partial charge in [-0.3, -0.25) is 14.2 Å². The minimum atomic E-state index is -0.154. The number of carbonyl (C=O) groups is 1. The van der Waals surface area contributed by atoms with Crippen LogP contribution in [0.3, 0.4) is 0 Å². The summed E-state index contributed by atoms with van der Waals surface area (Å²) < 4.78 is 3.78. The Morgan fingerprint density at radius 1 is 1.25 bits per heavy atom. The lowest BCUT2D eigenvalue weighted by molar-refractivity contribution is 0.112. The molecule has 0 saturated carbocycles. The quantitative estimate of drug-likeness (QED) is 0.809. The Labute approximate surface area is 119 Å². The average molecular weight is 274 g/mol. The van der Waals surface area contributed by atoms with Gasteiger partial charge < -0.3 is 0 Å². The molecule has 5 nitrogen and oxygen atoms in total. The fourth-order valence-electron chi connectivity index (χ4n) is 2.36. The van der Waals surface area contributed by atoms with E-state index >= 15 is 0 Å². The van der Waals surface area contributed by atoms with E-state index in [9.17, 15) is 4.79 Å². The van der Waals surface area contributed by atoms with Crippen molar-refractivity contribution in [2.45, 2.75) is 53.6 Å². The van der Waals surface area contributed by atoms with Crippen molar-refractivity contribution in [3.8, 4) is 11.3 Å². The summed E-state index contributed by atoms with van der Waals surface area (Å²) in [5.74, 6) is 0. The zero-order chi connectivity index (χ0) is 15.1. The minimum Gasteiger partial charge on any atom is -0.298 e. The molecule has 5 heteroatoms. The first-order valence-electron chi connectivity index (χ1n) is 6.89. The normalized spacial score (nSPS) is 11.9. The Balaban J connectivity index is 2.67. The molecule has 0 aliphatic rings. The standard InChI is InChI=1S/C15H22N4O/c1-7-18-11(3)13(10(2)16-18)14-12(9-20)8-19(17-14)15(4,5)6/h8-9H,7H2,1-6H3. The van der Waals surface area contributed by atoms with E-state index < -0.39 is 0 Å². The number of carbonyl (C=O) groups excluding carboxylic acids is 1. The van der Waals surface area contributed by atoms with Gasteiger partial charge in [0.25, 0.3) is 0 Å². The van der Waals surface area contributed by atoms with Gasteiger partial charge in [0, 0.05) is 24.0 Å². The summed E-state index contributed by atoms with van der Waals surface area (Å²) in [6.45, 7) is 13.0. The van der Waals surface area contributed by atoms with E-state index in [1.54, 1.807) is 0 Å². The summed E-state index contributed by atoms with van der Waals surface area (Å²) >= 11 is 0. The third-order valence-electron chi connectivity index (χ3n) is 3.47. The number of aromatic nitrogens is 4. The van der Waals surface area contributed by atoms with Crippen LogP contribution in [0, 0.1) is 13.8 Å². The second-order valence-corrected chi connectivity index (χ2v) is 6.03. The van der Waals surface area contributed by atoms with Crippen molar-refractivity contribution in [1.82, 2.24) is 19.6 Å². The SMILES string of the molecule is CCn1nc(C)c(-c2nn(C(C)(C)C)cc2C=O)c1C. The fraction of sp³-hybridized carbons (Fsp3) is 0.533. The van der Waals surface area contributed by atoms with Crippen LogP contribution in [0.15, 0.2) is 6.20 Å². The molecule has 0 fully saturated rings. The molecule has 0 unspecified atom stereocenters. The highest BCUT2D eigenvalue weighted by Gasteiger charge is 2.22. The highest BCUT2D eigenvalue weighted by molar-refractivity contribution is 5.86. The largest absolute Gasteiger partial charge is 0.298 e. The molecule has 0 bridgehead atoms. The molecule has 20 heavy (non-hydrogen) atoms. The Kier molecular flexibility index (Phi) is 3.54. The number of hydrogen-bond donors (Lipinski definition) is 0. The van der Waals surface area contributed by atoms with Gasteiger partial charge in [-0.1, -0.05) is 0 Å². The number of aldehydes is 1. The van der Waals surface area contributed by atoms with Crippen molar-refractivity contribution >= 4 is 6.29 Å². The fourth-order valence-corrected chi connectivity index (χ4v) is 2.36. The van der Waals surface area contributed by atoms with Gasteiger partial charge in [0.2, 0.25) is 0 Å². The molecule has 0 amide bonds. The first-order chi connectivity index (χ1) is 9.29. The lowest BCUT2D eigenvalue weighted by Crippen LogP contribution is -2.22. The van der Waals surface area contributed by atoms with Crippen molar-refractivity contribution in [3.05, 3.63) is 23.1 Å². The van der Waals surface area contributed by atoms with Crippen LogP contribution in [-0.4, -0.2) is 25.8 Å². The Hall–Kier alpha value is -1.91. The van der Waals surface area contributed by atoms with Crippen molar-refractivity contribution in [2.75, 3.05) is 0 Å². The van der Waals surface area contributed by atoms with Crippen LogP contribution in [0.4, 0.5) is 0 Å². The first-order valence-corrected chi connectivity index (χ1v) is 6.89. The molecule has 2 aromatic heterocycles. The van der Waals surface area contributed by atoms with Crippen molar-refractivity contribution in [3.63, 3.8) is 0 Å². The third-order valence-corrected chi connectivity index (χ3v) is 3.47. The molecule has 2 aromatic rings. The van der Waals surface area contributed by atoms with Crippen LogP contribution in [0.5, 0.6) is 0 Å². The predicted octanol–water partition coefficient (Wildman–Crippen LogP) is 2.95. The number of nitrogens with zero attached hydrogens (tertiary/aromatic N) is 4. The second kappa shape index (κ2) is 4.89. The highest BCUT2D eigenvalue weighted by Crippen LogP contribution is 2.29. The van der Waals surface area contributed by atoms with Crippen molar-refractivity contribution in [1.29, 1.82) is 0 Å². The van der Waals surface area contributed by atoms with E-state index in [-0.39, 0.29) is 5.54 Å². The highest BCUT2D eigenvalue weighted by atomic mass is 16.1. The van der Waals surface area contributed by atoms with Gasteiger partial charge in [0.15, 0.2) is 6.29 Å². The van der Waals surface area contributed by atoms with Crippen molar-refractivity contribution in [2.24, 2.45) is 0 Å². The molecule has 0 spiro atoms. The zero-order valence-corrected chi connectivity index (χ0v) is 13.1. The third kappa shape index (κ3) is 2.28. The lowest BCUT2D eigenvalue weighted by Gasteiger charge is -2.18. The molecule has 2 heterocycles. The van der Waals surface area contributed by atoms with Crippen LogP contribution in [0.25, 0.3) is 11.3 Å². The maximum Gasteiger partial charge on any atom is 0.153 e. The molecule has 0 atom stereocenters. The maximum atomic E-state index is 11.4. The lowest BCUT2D eigenvalue weighted by atomic mass is 10.1. The molecular weight excluding hydrogens is 252 g/mol. The summed E-state index contributed by atoms with van der Waals surface area (Å²) in [7, 11) is 0. The van der Waals surface area contributed by atoms with Crippen LogP contribution >= 0.6 is 0 Å². The van der Waals surface area contributed by atoms with E-state index in [2.05, 4.69) is 37.9 Å². The second-order valence-electron chi connectivity index (χ2n) is 6.03. The molecule has 0 radical (unpaired) electrons. The minimum absolute atomic E-state index is 0.154. The van der Waals surface area contributed by atoms with Crippen molar-refractivity contribution < 1.29 is 4.79 Å². The van der Waals surface area contributed by atoms with Crippen LogP contribution < -0.4 is 0 Å². The molecule has 0 N–H and O–H groups in total. The summed E-state index contributed by atoms with van der Waals surface area (Å²) in [5.41, 5.74) is 4.11. The molecule has 0 saturated heterocycles.